The Morgan fingerprint density at radius 3 is 2.48 bits per heavy atom. The van der Waals surface area contributed by atoms with Gasteiger partial charge in [0.15, 0.2) is 5.65 Å². The first-order valence-corrected chi connectivity index (χ1v) is 10.5. The molecule has 9 nitrogen and oxygen atoms in total. The van der Waals surface area contributed by atoms with Gasteiger partial charge in [-0.25, -0.2) is 8.78 Å². The van der Waals surface area contributed by atoms with Gasteiger partial charge in [0.1, 0.15) is 5.03 Å². The molecule has 4 heterocycles. The molecule has 31 heavy (non-hydrogen) atoms. The van der Waals surface area contributed by atoms with E-state index in [-0.39, 0.29) is 5.65 Å². The summed E-state index contributed by atoms with van der Waals surface area (Å²) >= 11 is 1.24. The van der Waals surface area contributed by atoms with E-state index in [2.05, 4.69) is 30.4 Å². The van der Waals surface area contributed by atoms with Gasteiger partial charge >= 0.3 is 0 Å². The number of ether oxygens (including phenoxy) is 1. The number of alkyl halides is 2. The minimum Gasteiger partial charge on any atom is -0.378 e. The van der Waals surface area contributed by atoms with Gasteiger partial charge in [-0.2, -0.15) is 9.61 Å². The van der Waals surface area contributed by atoms with E-state index in [0.29, 0.717) is 42.4 Å². The van der Waals surface area contributed by atoms with Crippen molar-refractivity contribution in [2.24, 2.45) is 0 Å². The summed E-state index contributed by atoms with van der Waals surface area (Å²) in [6.07, 6.45) is -2.77. The lowest BCUT2D eigenvalue weighted by molar-refractivity contribution is 0.122. The van der Waals surface area contributed by atoms with E-state index < -0.39 is 12.2 Å². The Kier molecular flexibility index (Phi) is 5.24. The van der Waals surface area contributed by atoms with Crippen LogP contribution in [0, 0.1) is 6.92 Å². The molecule has 0 atom stereocenters. The quantitative estimate of drug-likeness (QED) is 0.465. The molecule has 0 spiro atoms. The summed E-state index contributed by atoms with van der Waals surface area (Å²) in [7, 11) is 0. The average molecular weight is 444 g/mol. The minimum absolute atomic E-state index is 0.258. The van der Waals surface area contributed by atoms with Crippen molar-refractivity contribution in [1.82, 2.24) is 34.6 Å². The number of rotatable bonds is 5. The third-order valence-corrected chi connectivity index (χ3v) is 5.73. The first kappa shape index (κ1) is 19.8. The number of nitrogens with zero attached hydrogens (tertiary/aromatic N) is 8. The van der Waals surface area contributed by atoms with Crippen LogP contribution in [0.1, 0.15) is 17.8 Å². The summed E-state index contributed by atoms with van der Waals surface area (Å²) in [5.41, 5.74) is 2.30. The van der Waals surface area contributed by atoms with Crippen LogP contribution >= 0.6 is 11.8 Å². The molecular weight excluding hydrogens is 426 g/mol. The molecule has 12 heteroatoms. The highest BCUT2D eigenvalue weighted by molar-refractivity contribution is 7.99. The fourth-order valence-electron chi connectivity index (χ4n) is 3.29. The van der Waals surface area contributed by atoms with Crippen LogP contribution in [0.2, 0.25) is 0 Å². The van der Waals surface area contributed by atoms with Crippen molar-refractivity contribution < 1.29 is 13.5 Å². The summed E-state index contributed by atoms with van der Waals surface area (Å²) in [5, 5.41) is 21.4. The van der Waals surface area contributed by atoms with E-state index >= 15 is 0 Å². The summed E-state index contributed by atoms with van der Waals surface area (Å²) in [4.78, 5) is 2.12. The smallest absolute Gasteiger partial charge is 0.299 e. The fourth-order valence-corrected chi connectivity index (χ4v) is 4.09. The number of aryl methyl sites for hydroxylation is 1. The summed E-state index contributed by atoms with van der Waals surface area (Å²) < 4.78 is 34.9. The first-order valence-electron chi connectivity index (χ1n) is 9.63. The molecule has 1 aromatic carbocycles. The monoisotopic (exact) mass is 444 g/mol. The minimum atomic E-state index is -2.77. The molecule has 0 aliphatic carbocycles. The van der Waals surface area contributed by atoms with E-state index in [1.807, 2.05) is 35.8 Å². The standard InChI is InChI=1S/C19H18F2N8OS/c1-12-2-4-13(5-3-12)28-18(27-8-10-30-11-9-27)24-25-19(28)31-15-7-6-14-22-23-17(16(20)21)29(14)26-15/h2-7,16H,8-11H2,1H3. The van der Waals surface area contributed by atoms with Gasteiger partial charge in [0, 0.05) is 13.1 Å². The third kappa shape index (κ3) is 3.83. The van der Waals surface area contributed by atoms with Crippen molar-refractivity contribution in [3.63, 3.8) is 0 Å². The molecule has 1 aliphatic heterocycles. The Morgan fingerprint density at radius 1 is 0.968 bits per heavy atom. The zero-order valence-electron chi connectivity index (χ0n) is 16.5. The van der Waals surface area contributed by atoms with Gasteiger partial charge in [-0.15, -0.1) is 20.4 Å². The maximum atomic E-state index is 13.2. The highest BCUT2D eigenvalue weighted by atomic mass is 32.2. The van der Waals surface area contributed by atoms with Crippen LogP contribution in [0.15, 0.2) is 46.6 Å². The maximum Gasteiger partial charge on any atom is 0.299 e. The van der Waals surface area contributed by atoms with Crippen molar-refractivity contribution in [3.8, 4) is 5.69 Å². The molecule has 0 unspecified atom stereocenters. The van der Waals surface area contributed by atoms with E-state index in [9.17, 15) is 8.78 Å². The largest absolute Gasteiger partial charge is 0.378 e. The van der Waals surface area contributed by atoms with Crippen LogP contribution in [0.4, 0.5) is 14.7 Å². The van der Waals surface area contributed by atoms with Crippen molar-refractivity contribution in [2.75, 3.05) is 31.2 Å². The zero-order chi connectivity index (χ0) is 21.4. The highest BCUT2D eigenvalue weighted by Crippen LogP contribution is 2.31. The Morgan fingerprint density at radius 2 is 1.74 bits per heavy atom. The van der Waals surface area contributed by atoms with Crippen LogP contribution in [-0.2, 0) is 4.74 Å². The molecule has 0 saturated carbocycles. The molecule has 4 aromatic rings. The SMILES string of the molecule is Cc1ccc(-n2c(Sc3ccc4nnc(C(F)F)n4n3)nnc2N2CCOCC2)cc1. The molecule has 5 rings (SSSR count). The van der Waals surface area contributed by atoms with E-state index in [4.69, 9.17) is 4.74 Å². The molecule has 0 N–H and O–H groups in total. The molecular formula is C19H18F2N8OS. The zero-order valence-corrected chi connectivity index (χ0v) is 17.3. The van der Waals surface area contributed by atoms with Crippen LogP contribution in [0.5, 0.6) is 0 Å². The third-order valence-electron chi connectivity index (χ3n) is 4.86. The highest BCUT2D eigenvalue weighted by Gasteiger charge is 2.23. The number of fused-ring (bicyclic) bond motifs is 1. The van der Waals surface area contributed by atoms with Crippen molar-refractivity contribution >= 4 is 23.4 Å². The van der Waals surface area contributed by atoms with Gasteiger partial charge in [0.2, 0.25) is 16.9 Å². The predicted octanol–water partition coefficient (Wildman–Crippen LogP) is 2.94. The maximum absolute atomic E-state index is 13.2. The molecule has 160 valence electrons. The number of hydrogen-bond donors (Lipinski definition) is 0. The Hall–Kier alpha value is -3.12. The van der Waals surface area contributed by atoms with Gasteiger partial charge < -0.3 is 9.64 Å². The summed E-state index contributed by atoms with van der Waals surface area (Å²) in [6.45, 7) is 4.67. The van der Waals surface area contributed by atoms with Gasteiger partial charge in [0.25, 0.3) is 6.43 Å². The van der Waals surface area contributed by atoms with Gasteiger partial charge in [-0.3, -0.25) is 4.57 Å². The second-order valence-corrected chi connectivity index (χ2v) is 7.94. The number of morpholine rings is 1. The lowest BCUT2D eigenvalue weighted by Crippen LogP contribution is -2.37. The second-order valence-electron chi connectivity index (χ2n) is 6.96. The molecule has 1 aliphatic rings. The topological polar surface area (TPSA) is 86.3 Å². The van der Waals surface area contributed by atoms with E-state index in [1.54, 1.807) is 12.1 Å². The lowest BCUT2D eigenvalue weighted by Gasteiger charge is -2.27. The fraction of sp³-hybridized carbons (Fsp3) is 0.316. The van der Waals surface area contributed by atoms with Crippen LogP contribution in [0.3, 0.4) is 0 Å². The Bertz CT molecular complexity index is 1200. The molecule has 1 saturated heterocycles. The number of hydrogen-bond acceptors (Lipinski definition) is 8. The number of halogens is 2. The molecule has 0 bridgehead atoms. The van der Waals surface area contributed by atoms with Crippen LogP contribution in [-0.4, -0.2) is 60.9 Å². The molecule has 3 aromatic heterocycles. The predicted molar refractivity (Wildman–Crippen MR) is 109 cm³/mol. The van der Waals surface area contributed by atoms with E-state index in [1.165, 1.54) is 11.8 Å². The van der Waals surface area contributed by atoms with Crippen molar-refractivity contribution in [3.05, 3.63) is 47.8 Å². The Balaban J connectivity index is 1.55. The van der Waals surface area contributed by atoms with Crippen molar-refractivity contribution in [1.29, 1.82) is 0 Å². The van der Waals surface area contributed by atoms with Crippen molar-refractivity contribution in [2.45, 2.75) is 23.5 Å². The van der Waals surface area contributed by atoms with Gasteiger partial charge in [-0.1, -0.05) is 17.7 Å². The molecule has 0 radical (unpaired) electrons. The number of benzene rings is 1. The lowest BCUT2D eigenvalue weighted by atomic mass is 10.2. The number of aromatic nitrogens is 7. The van der Waals surface area contributed by atoms with Gasteiger partial charge in [0.05, 0.1) is 18.9 Å². The Labute approximate surface area is 180 Å². The van der Waals surface area contributed by atoms with Crippen LogP contribution in [0.25, 0.3) is 11.3 Å². The van der Waals surface area contributed by atoms with Crippen LogP contribution < -0.4 is 4.90 Å². The van der Waals surface area contributed by atoms with E-state index in [0.717, 1.165) is 15.8 Å². The molecule has 1 fully saturated rings. The van der Waals surface area contributed by atoms with Gasteiger partial charge in [-0.05, 0) is 43.0 Å². The molecule has 0 amide bonds. The average Bonchev–Trinajstić information content (AvgIpc) is 3.39. The normalized spacial score (nSPS) is 14.6. The summed E-state index contributed by atoms with van der Waals surface area (Å²) in [5.74, 6) is 0.208. The number of anilines is 1. The second kappa shape index (κ2) is 8.19. The first-order chi connectivity index (χ1) is 15.1. The summed E-state index contributed by atoms with van der Waals surface area (Å²) in [6, 6.07) is 11.3.